The normalized spacial score (nSPS) is 15.0. The predicted molar refractivity (Wildman–Crippen MR) is 97.1 cm³/mol. The lowest BCUT2D eigenvalue weighted by Gasteiger charge is -2.25. The van der Waals surface area contributed by atoms with Gasteiger partial charge in [0.2, 0.25) is 5.91 Å². The van der Waals surface area contributed by atoms with Crippen LogP contribution in [0.1, 0.15) is 12.0 Å². The number of amides is 3. The molecule has 27 heavy (non-hydrogen) atoms. The molecule has 1 atom stereocenters. The smallest absolute Gasteiger partial charge is 0.276 e. The standard InChI is InChI=1S/C19H19N3O5/c1-12-6-2-4-8-14(12)26-11-18(24)22-21-17(23)10-16-19(25)20-13-7-3-5-9-15(13)27-16/h2-9,16H,10-11H2,1H3,(H,20,25)(H,21,23)(H,22,24)/t16-/m1/s1. The van der Waals surface area contributed by atoms with Crippen molar-refractivity contribution in [1.29, 1.82) is 0 Å². The number of rotatable bonds is 5. The van der Waals surface area contributed by atoms with Gasteiger partial charge in [0.25, 0.3) is 11.8 Å². The Balaban J connectivity index is 1.44. The van der Waals surface area contributed by atoms with Crippen molar-refractivity contribution in [1.82, 2.24) is 10.9 Å². The predicted octanol–water partition coefficient (Wildman–Crippen LogP) is 1.31. The van der Waals surface area contributed by atoms with E-state index < -0.39 is 23.8 Å². The molecule has 3 amide bonds. The van der Waals surface area contributed by atoms with Gasteiger partial charge in [0, 0.05) is 0 Å². The fraction of sp³-hybridized carbons (Fsp3) is 0.211. The number of nitrogens with one attached hydrogen (secondary N) is 3. The maximum Gasteiger partial charge on any atom is 0.276 e. The second kappa shape index (κ2) is 8.22. The van der Waals surface area contributed by atoms with E-state index in [0.717, 1.165) is 5.56 Å². The molecule has 3 rings (SSSR count). The lowest BCUT2D eigenvalue weighted by molar-refractivity contribution is -0.133. The molecular weight excluding hydrogens is 350 g/mol. The van der Waals surface area contributed by atoms with Crippen molar-refractivity contribution in [2.24, 2.45) is 0 Å². The maximum atomic E-state index is 12.0. The summed E-state index contributed by atoms with van der Waals surface area (Å²) in [6.07, 6.45) is -1.21. The second-order valence-corrected chi connectivity index (χ2v) is 5.95. The zero-order valence-corrected chi connectivity index (χ0v) is 14.7. The molecular formula is C19H19N3O5. The molecule has 0 aromatic heterocycles. The van der Waals surface area contributed by atoms with Crippen LogP contribution in [0, 0.1) is 6.92 Å². The molecule has 0 saturated heterocycles. The first-order valence-corrected chi connectivity index (χ1v) is 8.35. The fourth-order valence-electron chi connectivity index (χ4n) is 2.48. The molecule has 140 valence electrons. The Labute approximate surface area is 155 Å². The Hall–Kier alpha value is -3.55. The molecule has 1 aliphatic rings. The average molecular weight is 369 g/mol. The van der Waals surface area contributed by atoms with Crippen molar-refractivity contribution in [3.05, 3.63) is 54.1 Å². The summed E-state index contributed by atoms with van der Waals surface area (Å²) in [5.41, 5.74) is 5.95. The zero-order valence-electron chi connectivity index (χ0n) is 14.7. The van der Waals surface area contributed by atoms with Gasteiger partial charge in [-0.2, -0.15) is 0 Å². The van der Waals surface area contributed by atoms with Crippen LogP contribution in [-0.4, -0.2) is 30.4 Å². The van der Waals surface area contributed by atoms with Crippen LogP contribution in [0.5, 0.6) is 11.5 Å². The third-order valence-corrected chi connectivity index (χ3v) is 3.87. The van der Waals surface area contributed by atoms with Crippen LogP contribution in [0.15, 0.2) is 48.5 Å². The number of aryl methyl sites for hydroxylation is 1. The Morgan fingerprint density at radius 2 is 1.78 bits per heavy atom. The van der Waals surface area contributed by atoms with Crippen molar-refractivity contribution >= 4 is 23.4 Å². The van der Waals surface area contributed by atoms with E-state index in [2.05, 4.69) is 16.2 Å². The van der Waals surface area contributed by atoms with Gasteiger partial charge in [-0.3, -0.25) is 25.2 Å². The van der Waals surface area contributed by atoms with Gasteiger partial charge in [-0.05, 0) is 30.7 Å². The van der Waals surface area contributed by atoms with E-state index in [9.17, 15) is 14.4 Å². The number of carbonyl (C=O) groups excluding carboxylic acids is 3. The van der Waals surface area contributed by atoms with Gasteiger partial charge >= 0.3 is 0 Å². The summed E-state index contributed by atoms with van der Waals surface area (Å²) in [5, 5.41) is 2.67. The van der Waals surface area contributed by atoms with Crippen LogP contribution in [0.25, 0.3) is 0 Å². The van der Waals surface area contributed by atoms with Crippen molar-refractivity contribution in [2.75, 3.05) is 11.9 Å². The minimum absolute atomic E-state index is 0.237. The number of carbonyl (C=O) groups is 3. The van der Waals surface area contributed by atoms with Gasteiger partial charge in [-0.25, -0.2) is 0 Å². The van der Waals surface area contributed by atoms with E-state index >= 15 is 0 Å². The van der Waals surface area contributed by atoms with Gasteiger partial charge in [0.1, 0.15) is 11.5 Å². The number of hydrogen-bond acceptors (Lipinski definition) is 5. The SMILES string of the molecule is Cc1ccccc1OCC(=O)NNC(=O)C[C@H]1Oc2ccccc2NC1=O. The van der Waals surface area contributed by atoms with Crippen LogP contribution >= 0.6 is 0 Å². The first-order valence-electron chi connectivity index (χ1n) is 8.35. The summed E-state index contributed by atoms with van der Waals surface area (Å²) in [5.74, 6) is -0.418. The molecule has 1 heterocycles. The highest BCUT2D eigenvalue weighted by Crippen LogP contribution is 2.29. The summed E-state index contributed by atoms with van der Waals surface area (Å²) >= 11 is 0. The summed E-state index contributed by atoms with van der Waals surface area (Å²) < 4.78 is 10.9. The minimum Gasteiger partial charge on any atom is -0.483 e. The van der Waals surface area contributed by atoms with E-state index in [0.29, 0.717) is 17.2 Å². The highest BCUT2D eigenvalue weighted by molar-refractivity contribution is 6.00. The van der Waals surface area contributed by atoms with Gasteiger partial charge in [-0.15, -0.1) is 0 Å². The van der Waals surface area contributed by atoms with Crippen LogP contribution < -0.4 is 25.6 Å². The van der Waals surface area contributed by atoms with E-state index in [1.165, 1.54) is 0 Å². The third kappa shape index (κ3) is 4.75. The number of hydrogen-bond donors (Lipinski definition) is 3. The van der Waals surface area contributed by atoms with Crippen molar-refractivity contribution in [3.63, 3.8) is 0 Å². The Morgan fingerprint density at radius 3 is 2.59 bits per heavy atom. The summed E-state index contributed by atoms with van der Waals surface area (Å²) in [6.45, 7) is 1.61. The van der Waals surface area contributed by atoms with Crippen LogP contribution in [-0.2, 0) is 14.4 Å². The molecule has 2 aromatic rings. The van der Waals surface area contributed by atoms with Gasteiger partial charge in [-0.1, -0.05) is 30.3 Å². The molecule has 0 saturated carbocycles. The highest BCUT2D eigenvalue weighted by atomic mass is 16.5. The van der Waals surface area contributed by atoms with Gasteiger partial charge in [0.15, 0.2) is 12.7 Å². The molecule has 1 aliphatic heterocycles. The molecule has 8 heteroatoms. The van der Waals surface area contributed by atoms with Crippen molar-refractivity contribution < 1.29 is 23.9 Å². The van der Waals surface area contributed by atoms with Crippen LogP contribution in [0.4, 0.5) is 5.69 Å². The minimum atomic E-state index is -0.972. The number of anilines is 1. The monoisotopic (exact) mass is 369 g/mol. The number of para-hydroxylation sites is 3. The lowest BCUT2D eigenvalue weighted by Crippen LogP contribution is -2.47. The number of ether oxygens (including phenoxy) is 2. The first-order chi connectivity index (χ1) is 13.0. The van der Waals surface area contributed by atoms with E-state index in [1.807, 2.05) is 19.1 Å². The quantitative estimate of drug-likeness (QED) is 0.689. The average Bonchev–Trinajstić information content (AvgIpc) is 2.66. The molecule has 0 aliphatic carbocycles. The number of benzene rings is 2. The van der Waals surface area contributed by atoms with E-state index in [1.54, 1.807) is 36.4 Å². The van der Waals surface area contributed by atoms with Gasteiger partial charge < -0.3 is 14.8 Å². The number of fused-ring (bicyclic) bond motifs is 1. The van der Waals surface area contributed by atoms with Crippen molar-refractivity contribution in [3.8, 4) is 11.5 Å². The van der Waals surface area contributed by atoms with Crippen LogP contribution in [0.3, 0.4) is 0 Å². The molecule has 0 bridgehead atoms. The second-order valence-electron chi connectivity index (χ2n) is 5.95. The molecule has 0 radical (unpaired) electrons. The molecule has 2 aromatic carbocycles. The molecule has 0 spiro atoms. The summed E-state index contributed by atoms with van der Waals surface area (Å²) in [6, 6.07) is 14.2. The van der Waals surface area contributed by atoms with Crippen LogP contribution in [0.2, 0.25) is 0 Å². The molecule has 0 fully saturated rings. The molecule has 0 unspecified atom stereocenters. The fourth-order valence-corrected chi connectivity index (χ4v) is 2.48. The Bertz CT molecular complexity index is 868. The first kappa shape index (κ1) is 18.2. The van der Waals surface area contributed by atoms with E-state index in [-0.39, 0.29) is 13.0 Å². The van der Waals surface area contributed by atoms with E-state index in [4.69, 9.17) is 9.47 Å². The molecule has 3 N–H and O–H groups in total. The Kier molecular flexibility index (Phi) is 5.55. The Morgan fingerprint density at radius 1 is 1.07 bits per heavy atom. The molecule has 8 nitrogen and oxygen atoms in total. The summed E-state index contributed by atoms with van der Waals surface area (Å²) in [4.78, 5) is 35.8. The topological polar surface area (TPSA) is 106 Å². The number of hydrazine groups is 1. The zero-order chi connectivity index (χ0) is 19.2. The maximum absolute atomic E-state index is 12.0. The third-order valence-electron chi connectivity index (χ3n) is 3.87. The lowest BCUT2D eigenvalue weighted by atomic mass is 10.1. The largest absolute Gasteiger partial charge is 0.483 e. The van der Waals surface area contributed by atoms with Crippen molar-refractivity contribution in [2.45, 2.75) is 19.4 Å². The highest BCUT2D eigenvalue weighted by Gasteiger charge is 2.29. The van der Waals surface area contributed by atoms with Gasteiger partial charge in [0.05, 0.1) is 12.1 Å². The summed E-state index contributed by atoms with van der Waals surface area (Å²) in [7, 11) is 0.